The number of aromatic nitrogens is 2. The molecule has 0 spiro atoms. The maximum Gasteiger partial charge on any atom is 0.328 e. The number of carboxylic acids is 1. The van der Waals surface area contributed by atoms with Gasteiger partial charge < -0.3 is 5.11 Å². The lowest BCUT2D eigenvalue weighted by Gasteiger charge is -1.99. The van der Waals surface area contributed by atoms with Crippen LogP contribution in [0.15, 0.2) is 29.5 Å². The molecule has 6 heteroatoms. The van der Waals surface area contributed by atoms with Crippen molar-refractivity contribution in [1.82, 2.24) is 9.55 Å². The Hall–Kier alpha value is -1.18. The fourth-order valence-electron chi connectivity index (χ4n) is 0.821. The first-order valence-corrected chi connectivity index (χ1v) is 4.78. The molecule has 1 aromatic rings. The SMILES string of the molecule is O=C(O)/C=C/Cn1cncc(I)c1=O. The van der Waals surface area contributed by atoms with Crippen LogP contribution in [0.2, 0.25) is 0 Å². The summed E-state index contributed by atoms with van der Waals surface area (Å²) in [4.78, 5) is 25.3. The second-order valence-corrected chi connectivity index (χ2v) is 3.60. The molecular weight excluding hydrogens is 299 g/mol. The van der Waals surface area contributed by atoms with Crippen LogP contribution in [0.25, 0.3) is 0 Å². The number of halogens is 1. The Morgan fingerprint density at radius 3 is 3.07 bits per heavy atom. The molecule has 0 radical (unpaired) electrons. The average Bonchev–Trinajstić information content (AvgIpc) is 2.12. The van der Waals surface area contributed by atoms with Gasteiger partial charge in [0.15, 0.2) is 0 Å². The molecule has 5 nitrogen and oxygen atoms in total. The van der Waals surface area contributed by atoms with Crippen molar-refractivity contribution in [2.75, 3.05) is 0 Å². The highest BCUT2D eigenvalue weighted by molar-refractivity contribution is 14.1. The van der Waals surface area contributed by atoms with E-state index in [-0.39, 0.29) is 12.1 Å². The summed E-state index contributed by atoms with van der Waals surface area (Å²) in [6.07, 6.45) is 5.21. The normalized spacial score (nSPS) is 10.6. The van der Waals surface area contributed by atoms with Crippen LogP contribution in [0.5, 0.6) is 0 Å². The van der Waals surface area contributed by atoms with Crippen LogP contribution in [0.1, 0.15) is 0 Å². The lowest BCUT2D eigenvalue weighted by Crippen LogP contribution is -2.21. The predicted octanol–water partition coefficient (Wildman–Crippen LogP) is 0.489. The van der Waals surface area contributed by atoms with Crippen LogP contribution in [0, 0.1) is 3.57 Å². The van der Waals surface area contributed by atoms with E-state index in [0.29, 0.717) is 3.57 Å². The van der Waals surface area contributed by atoms with Gasteiger partial charge in [-0.05, 0) is 22.6 Å². The summed E-state index contributed by atoms with van der Waals surface area (Å²) < 4.78 is 1.84. The quantitative estimate of drug-likeness (QED) is 0.651. The second-order valence-electron chi connectivity index (χ2n) is 2.44. The topological polar surface area (TPSA) is 72.2 Å². The van der Waals surface area contributed by atoms with E-state index in [1.165, 1.54) is 23.2 Å². The van der Waals surface area contributed by atoms with Gasteiger partial charge in [0.2, 0.25) is 0 Å². The predicted molar refractivity (Wildman–Crippen MR) is 58.0 cm³/mol. The molecule has 0 fully saturated rings. The third kappa shape index (κ3) is 2.95. The third-order valence-electron chi connectivity index (χ3n) is 1.42. The Balaban J connectivity index is 2.83. The van der Waals surface area contributed by atoms with E-state index in [2.05, 4.69) is 4.98 Å². The number of rotatable bonds is 3. The van der Waals surface area contributed by atoms with Crippen LogP contribution in [-0.4, -0.2) is 20.6 Å². The monoisotopic (exact) mass is 306 g/mol. The van der Waals surface area contributed by atoms with E-state index in [1.54, 1.807) is 0 Å². The van der Waals surface area contributed by atoms with Crippen molar-refractivity contribution < 1.29 is 9.90 Å². The van der Waals surface area contributed by atoms with E-state index < -0.39 is 5.97 Å². The van der Waals surface area contributed by atoms with Crippen LogP contribution in [0.4, 0.5) is 0 Å². The highest BCUT2D eigenvalue weighted by Crippen LogP contribution is 1.93. The Bertz CT molecular complexity index is 425. The molecule has 0 aliphatic carbocycles. The fraction of sp³-hybridized carbons (Fsp3) is 0.125. The van der Waals surface area contributed by atoms with Crippen LogP contribution < -0.4 is 5.56 Å². The standard InChI is InChI=1S/C8H7IN2O3/c9-6-4-10-5-11(8(6)14)3-1-2-7(12)13/h1-2,4-5H,3H2,(H,12,13)/b2-1+. The lowest BCUT2D eigenvalue weighted by atomic mass is 10.5. The minimum absolute atomic E-state index is 0.171. The van der Waals surface area contributed by atoms with Crippen molar-refractivity contribution in [3.63, 3.8) is 0 Å². The summed E-state index contributed by atoms with van der Waals surface area (Å²) in [6, 6.07) is 0. The highest BCUT2D eigenvalue weighted by atomic mass is 127. The van der Waals surface area contributed by atoms with E-state index in [9.17, 15) is 9.59 Å². The van der Waals surface area contributed by atoms with E-state index >= 15 is 0 Å². The highest BCUT2D eigenvalue weighted by Gasteiger charge is 1.98. The molecule has 0 unspecified atom stereocenters. The lowest BCUT2D eigenvalue weighted by molar-refractivity contribution is -0.131. The summed E-state index contributed by atoms with van der Waals surface area (Å²) in [5.41, 5.74) is -0.171. The second kappa shape index (κ2) is 4.89. The Morgan fingerprint density at radius 1 is 1.71 bits per heavy atom. The van der Waals surface area contributed by atoms with Crippen molar-refractivity contribution in [3.8, 4) is 0 Å². The molecule has 1 heterocycles. The molecule has 0 amide bonds. The molecule has 1 N–H and O–H groups in total. The number of hydrogen-bond donors (Lipinski definition) is 1. The van der Waals surface area contributed by atoms with Crippen LogP contribution >= 0.6 is 22.6 Å². The molecule has 1 aromatic heterocycles. The van der Waals surface area contributed by atoms with Gasteiger partial charge in [0.25, 0.3) is 5.56 Å². The summed E-state index contributed by atoms with van der Waals surface area (Å²) in [5.74, 6) is -1.03. The summed E-state index contributed by atoms with van der Waals surface area (Å²) >= 11 is 1.88. The number of nitrogens with zero attached hydrogens (tertiary/aromatic N) is 2. The van der Waals surface area contributed by atoms with Crippen molar-refractivity contribution in [3.05, 3.63) is 38.6 Å². The third-order valence-corrected chi connectivity index (χ3v) is 2.16. The van der Waals surface area contributed by atoms with E-state index in [0.717, 1.165) is 6.08 Å². The molecule has 0 saturated heterocycles. The minimum atomic E-state index is -1.03. The number of aliphatic carboxylic acids is 1. The van der Waals surface area contributed by atoms with Gasteiger partial charge >= 0.3 is 5.97 Å². The smallest absolute Gasteiger partial charge is 0.328 e. The van der Waals surface area contributed by atoms with Gasteiger partial charge in [-0.25, -0.2) is 9.78 Å². The van der Waals surface area contributed by atoms with Gasteiger partial charge in [-0.2, -0.15) is 0 Å². The molecule has 0 bridgehead atoms. The molecular formula is C8H7IN2O3. The molecule has 0 saturated carbocycles. The number of carboxylic acid groups (broad SMARTS) is 1. The van der Waals surface area contributed by atoms with E-state index in [1.807, 2.05) is 22.6 Å². The van der Waals surface area contributed by atoms with Crippen molar-refractivity contribution in [2.45, 2.75) is 6.54 Å². The zero-order chi connectivity index (χ0) is 10.6. The largest absolute Gasteiger partial charge is 0.478 e. The molecule has 1 rings (SSSR count). The molecule has 0 aliphatic heterocycles. The van der Waals surface area contributed by atoms with Gasteiger partial charge in [0.1, 0.15) is 0 Å². The molecule has 0 atom stereocenters. The summed E-state index contributed by atoms with van der Waals surface area (Å²) in [5, 5.41) is 8.32. The maximum absolute atomic E-state index is 11.4. The minimum Gasteiger partial charge on any atom is -0.478 e. The fourth-order valence-corrected chi connectivity index (χ4v) is 1.29. The first-order valence-electron chi connectivity index (χ1n) is 3.70. The van der Waals surface area contributed by atoms with E-state index in [4.69, 9.17) is 5.11 Å². The van der Waals surface area contributed by atoms with Crippen LogP contribution in [-0.2, 0) is 11.3 Å². The first-order chi connectivity index (χ1) is 6.61. The molecule has 0 aromatic carbocycles. The van der Waals surface area contributed by atoms with Crippen molar-refractivity contribution in [2.24, 2.45) is 0 Å². The molecule has 74 valence electrons. The summed E-state index contributed by atoms with van der Waals surface area (Å²) in [7, 11) is 0. The zero-order valence-corrected chi connectivity index (χ0v) is 9.21. The van der Waals surface area contributed by atoms with Gasteiger partial charge in [-0.3, -0.25) is 9.36 Å². The summed E-state index contributed by atoms with van der Waals surface area (Å²) in [6.45, 7) is 0.217. The Morgan fingerprint density at radius 2 is 2.43 bits per heavy atom. The average molecular weight is 306 g/mol. The number of allylic oxidation sites excluding steroid dienone is 1. The van der Waals surface area contributed by atoms with Gasteiger partial charge in [-0.15, -0.1) is 0 Å². The van der Waals surface area contributed by atoms with Gasteiger partial charge in [0, 0.05) is 18.8 Å². The Kier molecular flexibility index (Phi) is 3.81. The first kappa shape index (κ1) is 10.9. The van der Waals surface area contributed by atoms with Crippen LogP contribution in [0.3, 0.4) is 0 Å². The van der Waals surface area contributed by atoms with Crippen molar-refractivity contribution >= 4 is 28.6 Å². The van der Waals surface area contributed by atoms with Gasteiger partial charge in [-0.1, -0.05) is 6.08 Å². The maximum atomic E-state index is 11.4. The molecule has 0 aliphatic rings. The molecule has 14 heavy (non-hydrogen) atoms. The zero-order valence-electron chi connectivity index (χ0n) is 7.05. The number of hydrogen-bond acceptors (Lipinski definition) is 3. The Labute approximate surface area is 93.2 Å². The van der Waals surface area contributed by atoms with Crippen molar-refractivity contribution in [1.29, 1.82) is 0 Å². The number of carbonyl (C=O) groups is 1. The van der Waals surface area contributed by atoms with Gasteiger partial charge in [0.05, 0.1) is 9.90 Å².